The highest BCUT2D eigenvalue weighted by Crippen LogP contribution is 2.26. The Morgan fingerprint density at radius 1 is 1.43 bits per heavy atom. The lowest BCUT2D eigenvalue weighted by Crippen LogP contribution is -2.37. The largest absolute Gasteiger partial charge is 0.398 e. The molecule has 1 aromatic carbocycles. The Morgan fingerprint density at radius 2 is 2.14 bits per heavy atom. The van der Waals surface area contributed by atoms with Crippen LogP contribution in [0.15, 0.2) is 18.2 Å². The highest BCUT2D eigenvalue weighted by molar-refractivity contribution is 6.03. The van der Waals surface area contributed by atoms with Gasteiger partial charge in [0.15, 0.2) is 0 Å². The normalized spacial score (nSPS) is 21.8. The van der Waals surface area contributed by atoms with Gasteiger partial charge in [0.2, 0.25) is 0 Å². The van der Waals surface area contributed by atoms with Crippen molar-refractivity contribution in [1.82, 2.24) is 5.32 Å². The molecule has 0 aliphatic heterocycles. The van der Waals surface area contributed by atoms with Crippen molar-refractivity contribution in [2.45, 2.75) is 31.8 Å². The number of nitrogen functional groups attached to an aromatic ring is 1. The van der Waals surface area contributed by atoms with Crippen LogP contribution in [0.25, 0.3) is 0 Å². The van der Waals surface area contributed by atoms with Crippen LogP contribution in [0, 0.1) is 16.0 Å². The van der Waals surface area contributed by atoms with Gasteiger partial charge in [-0.1, -0.05) is 18.9 Å². The van der Waals surface area contributed by atoms with Crippen molar-refractivity contribution in [3.05, 3.63) is 33.9 Å². The number of rotatable bonds is 4. The SMILES string of the molecule is Nc1cccc([N+](=O)[O-])c1C(=O)NCC1CCCCC1O. The number of aliphatic hydroxyl groups is 1. The average Bonchev–Trinajstić information content (AvgIpc) is 2.45. The summed E-state index contributed by atoms with van der Waals surface area (Å²) in [4.78, 5) is 22.5. The Morgan fingerprint density at radius 3 is 2.81 bits per heavy atom. The Bertz CT molecular complexity index is 547. The minimum absolute atomic E-state index is 0.00769. The number of nitro benzene ring substituents is 1. The van der Waals surface area contributed by atoms with Crippen LogP contribution in [-0.4, -0.2) is 28.6 Å². The molecular weight excluding hydrogens is 274 g/mol. The van der Waals surface area contributed by atoms with E-state index in [9.17, 15) is 20.0 Å². The van der Waals surface area contributed by atoms with Gasteiger partial charge in [0.1, 0.15) is 5.56 Å². The van der Waals surface area contributed by atoms with Gasteiger partial charge in [-0.2, -0.15) is 0 Å². The molecule has 1 amide bonds. The van der Waals surface area contributed by atoms with Crippen LogP contribution in [0.5, 0.6) is 0 Å². The first-order valence-electron chi connectivity index (χ1n) is 7.00. The minimum Gasteiger partial charge on any atom is -0.398 e. The highest BCUT2D eigenvalue weighted by atomic mass is 16.6. The van der Waals surface area contributed by atoms with Crippen molar-refractivity contribution < 1.29 is 14.8 Å². The van der Waals surface area contributed by atoms with Gasteiger partial charge in [-0.3, -0.25) is 14.9 Å². The number of benzene rings is 1. The number of hydrogen-bond donors (Lipinski definition) is 3. The summed E-state index contributed by atoms with van der Waals surface area (Å²) >= 11 is 0. The van der Waals surface area contributed by atoms with Crippen LogP contribution < -0.4 is 11.1 Å². The third-order valence-corrected chi connectivity index (χ3v) is 3.89. The Balaban J connectivity index is 2.08. The molecule has 0 aromatic heterocycles. The lowest BCUT2D eigenvalue weighted by molar-refractivity contribution is -0.385. The molecule has 7 heteroatoms. The fourth-order valence-corrected chi connectivity index (χ4v) is 2.70. The molecule has 0 saturated heterocycles. The Hall–Kier alpha value is -2.15. The van der Waals surface area contributed by atoms with Gasteiger partial charge in [-0.05, 0) is 18.9 Å². The molecule has 1 aromatic rings. The summed E-state index contributed by atoms with van der Waals surface area (Å²) in [7, 11) is 0. The number of nitrogens with one attached hydrogen (secondary N) is 1. The molecule has 0 bridgehead atoms. The fourth-order valence-electron chi connectivity index (χ4n) is 2.70. The molecule has 1 aliphatic rings. The van der Waals surface area contributed by atoms with Crippen molar-refractivity contribution in [3.8, 4) is 0 Å². The summed E-state index contributed by atoms with van der Waals surface area (Å²) in [5, 5.41) is 23.5. The van der Waals surface area contributed by atoms with Crippen LogP contribution in [-0.2, 0) is 0 Å². The minimum atomic E-state index is -0.624. The summed E-state index contributed by atoms with van der Waals surface area (Å²) in [6.45, 7) is 0.297. The standard InChI is InChI=1S/C14H19N3O4/c15-10-5-3-6-11(17(20)21)13(10)14(19)16-8-9-4-1-2-7-12(9)18/h3,5-6,9,12,18H,1-2,4,7-8,15H2,(H,16,19). The molecule has 2 atom stereocenters. The number of hydrogen-bond acceptors (Lipinski definition) is 5. The topological polar surface area (TPSA) is 118 Å². The lowest BCUT2D eigenvalue weighted by Gasteiger charge is -2.27. The number of nitro groups is 1. The van der Waals surface area contributed by atoms with E-state index in [0.717, 1.165) is 25.7 Å². The number of aliphatic hydroxyl groups excluding tert-OH is 1. The molecule has 1 fully saturated rings. The van der Waals surface area contributed by atoms with E-state index in [1.54, 1.807) is 0 Å². The maximum absolute atomic E-state index is 12.2. The molecule has 7 nitrogen and oxygen atoms in total. The zero-order valence-corrected chi connectivity index (χ0v) is 11.6. The van der Waals surface area contributed by atoms with E-state index >= 15 is 0 Å². The van der Waals surface area contributed by atoms with E-state index in [4.69, 9.17) is 5.73 Å². The number of nitrogens with zero attached hydrogens (tertiary/aromatic N) is 1. The first-order chi connectivity index (χ1) is 10.0. The Kier molecular flexibility index (Phi) is 4.74. The molecule has 21 heavy (non-hydrogen) atoms. The molecule has 0 heterocycles. The molecule has 2 unspecified atom stereocenters. The maximum atomic E-state index is 12.2. The quantitative estimate of drug-likeness (QED) is 0.441. The van der Waals surface area contributed by atoms with Gasteiger partial charge < -0.3 is 16.2 Å². The number of carbonyl (C=O) groups excluding carboxylic acids is 1. The van der Waals surface area contributed by atoms with Crippen molar-refractivity contribution >= 4 is 17.3 Å². The molecule has 4 N–H and O–H groups in total. The second kappa shape index (κ2) is 6.53. The van der Waals surface area contributed by atoms with Gasteiger partial charge in [-0.25, -0.2) is 0 Å². The maximum Gasteiger partial charge on any atom is 0.284 e. The number of nitrogens with two attached hydrogens (primary N) is 1. The molecule has 1 saturated carbocycles. The molecule has 114 valence electrons. The predicted molar refractivity (Wildman–Crippen MR) is 77.8 cm³/mol. The third kappa shape index (κ3) is 3.49. The number of amides is 1. The summed E-state index contributed by atoms with van der Waals surface area (Å²) in [5.41, 5.74) is 5.33. The molecule has 0 spiro atoms. The fraction of sp³-hybridized carbons (Fsp3) is 0.500. The molecule has 2 rings (SSSR count). The first kappa shape index (κ1) is 15.2. The smallest absolute Gasteiger partial charge is 0.284 e. The first-order valence-corrected chi connectivity index (χ1v) is 7.00. The van der Waals surface area contributed by atoms with E-state index in [1.807, 2.05) is 0 Å². The average molecular weight is 293 g/mol. The van der Waals surface area contributed by atoms with Crippen LogP contribution in [0.2, 0.25) is 0 Å². The van der Waals surface area contributed by atoms with Crippen molar-refractivity contribution in [3.63, 3.8) is 0 Å². The number of anilines is 1. The van der Waals surface area contributed by atoms with Crippen molar-refractivity contribution in [2.24, 2.45) is 5.92 Å². The lowest BCUT2D eigenvalue weighted by atomic mass is 9.86. The van der Waals surface area contributed by atoms with Crippen LogP contribution in [0.3, 0.4) is 0 Å². The highest BCUT2D eigenvalue weighted by Gasteiger charge is 2.26. The van der Waals surface area contributed by atoms with E-state index in [-0.39, 0.29) is 22.9 Å². The summed E-state index contributed by atoms with van der Waals surface area (Å²) in [6, 6.07) is 4.15. The summed E-state index contributed by atoms with van der Waals surface area (Å²) in [5.74, 6) is -0.579. The number of carbonyl (C=O) groups is 1. The predicted octanol–water partition coefficient (Wildman–Crippen LogP) is 1.46. The van der Waals surface area contributed by atoms with E-state index in [2.05, 4.69) is 5.32 Å². The van der Waals surface area contributed by atoms with E-state index in [1.165, 1.54) is 18.2 Å². The monoisotopic (exact) mass is 293 g/mol. The van der Waals surface area contributed by atoms with Crippen LogP contribution in [0.1, 0.15) is 36.0 Å². The zero-order chi connectivity index (χ0) is 15.4. The van der Waals surface area contributed by atoms with Crippen LogP contribution >= 0.6 is 0 Å². The van der Waals surface area contributed by atoms with E-state index < -0.39 is 16.9 Å². The molecular formula is C14H19N3O4. The zero-order valence-electron chi connectivity index (χ0n) is 11.6. The van der Waals surface area contributed by atoms with Gasteiger partial charge in [0.05, 0.1) is 16.7 Å². The van der Waals surface area contributed by atoms with Crippen molar-refractivity contribution in [2.75, 3.05) is 12.3 Å². The second-order valence-corrected chi connectivity index (χ2v) is 5.32. The van der Waals surface area contributed by atoms with E-state index in [0.29, 0.717) is 6.54 Å². The van der Waals surface area contributed by atoms with Gasteiger partial charge in [-0.15, -0.1) is 0 Å². The molecule has 0 radical (unpaired) electrons. The van der Waals surface area contributed by atoms with Crippen LogP contribution in [0.4, 0.5) is 11.4 Å². The Labute approximate surface area is 122 Å². The van der Waals surface area contributed by atoms with Gasteiger partial charge >= 0.3 is 0 Å². The second-order valence-electron chi connectivity index (χ2n) is 5.32. The van der Waals surface area contributed by atoms with Gasteiger partial charge in [0.25, 0.3) is 11.6 Å². The third-order valence-electron chi connectivity index (χ3n) is 3.89. The molecule has 1 aliphatic carbocycles. The summed E-state index contributed by atoms with van der Waals surface area (Å²) in [6.07, 6.45) is 3.15. The summed E-state index contributed by atoms with van der Waals surface area (Å²) < 4.78 is 0. The van der Waals surface area contributed by atoms with Gasteiger partial charge in [0, 0.05) is 18.5 Å². The van der Waals surface area contributed by atoms with Crippen molar-refractivity contribution in [1.29, 1.82) is 0 Å².